The van der Waals surface area contributed by atoms with Crippen LogP contribution >= 0.6 is 0 Å². The van der Waals surface area contributed by atoms with E-state index < -0.39 is 0 Å². The van der Waals surface area contributed by atoms with Crippen molar-refractivity contribution >= 4 is 17.4 Å². The predicted octanol–water partition coefficient (Wildman–Crippen LogP) is 2.66. The summed E-state index contributed by atoms with van der Waals surface area (Å²) in [5.74, 6) is 0.0685. The first-order chi connectivity index (χ1) is 15.2. The van der Waals surface area contributed by atoms with E-state index in [1.165, 1.54) is 22.3 Å². The summed E-state index contributed by atoms with van der Waals surface area (Å²) in [6.45, 7) is 2.79. The molecule has 0 saturated carbocycles. The number of rotatable bonds is 4. The molecule has 1 N–H and O–H groups in total. The van der Waals surface area contributed by atoms with Crippen molar-refractivity contribution in [3.8, 4) is 0 Å². The fraction of sp³-hybridized carbons (Fsp3) is 0.385. The quantitative estimate of drug-likeness (QED) is 0.835. The summed E-state index contributed by atoms with van der Waals surface area (Å²) in [7, 11) is 0. The zero-order chi connectivity index (χ0) is 21.2. The van der Waals surface area contributed by atoms with Gasteiger partial charge >= 0.3 is 0 Å². The topological polar surface area (TPSA) is 52.7 Å². The van der Waals surface area contributed by atoms with E-state index >= 15 is 0 Å². The van der Waals surface area contributed by atoms with Gasteiger partial charge < -0.3 is 10.2 Å². The average Bonchev–Trinajstić information content (AvgIpc) is 3.25. The van der Waals surface area contributed by atoms with Gasteiger partial charge in [-0.05, 0) is 41.5 Å². The SMILES string of the molecule is O=C1NCCN(C2Cc3ccccc3C2)C1CC(=O)N1CC=C(c2ccccc2)CC1. The number of piperazine rings is 1. The van der Waals surface area contributed by atoms with E-state index in [-0.39, 0.29) is 24.3 Å². The summed E-state index contributed by atoms with van der Waals surface area (Å²) in [6, 6.07) is 18.8. The molecule has 31 heavy (non-hydrogen) atoms. The van der Waals surface area contributed by atoms with Gasteiger partial charge in [-0.25, -0.2) is 0 Å². The van der Waals surface area contributed by atoms with Crippen LogP contribution in [-0.2, 0) is 22.4 Å². The highest BCUT2D eigenvalue weighted by Crippen LogP contribution is 2.29. The number of carbonyl (C=O) groups excluding carboxylic acids is 2. The summed E-state index contributed by atoms with van der Waals surface area (Å²) in [4.78, 5) is 30.1. The Kier molecular flexibility index (Phi) is 5.60. The number of amides is 2. The van der Waals surface area contributed by atoms with E-state index in [4.69, 9.17) is 0 Å². The van der Waals surface area contributed by atoms with Crippen molar-refractivity contribution in [3.63, 3.8) is 0 Å². The lowest BCUT2D eigenvalue weighted by Crippen LogP contribution is -2.60. The van der Waals surface area contributed by atoms with Crippen molar-refractivity contribution in [3.05, 3.63) is 77.4 Å². The van der Waals surface area contributed by atoms with Crippen LogP contribution in [0.3, 0.4) is 0 Å². The number of nitrogens with zero attached hydrogens (tertiary/aromatic N) is 2. The molecule has 1 unspecified atom stereocenters. The van der Waals surface area contributed by atoms with Gasteiger partial charge in [0.15, 0.2) is 0 Å². The molecule has 160 valence electrons. The molecule has 0 aromatic heterocycles. The molecule has 1 aliphatic carbocycles. The molecule has 0 bridgehead atoms. The van der Waals surface area contributed by atoms with Gasteiger partial charge in [-0.15, -0.1) is 0 Å². The van der Waals surface area contributed by atoms with Crippen LogP contribution in [0.2, 0.25) is 0 Å². The number of hydrogen-bond donors (Lipinski definition) is 1. The number of nitrogens with one attached hydrogen (secondary N) is 1. The third-order valence-electron chi connectivity index (χ3n) is 6.95. The molecule has 2 aromatic rings. The van der Waals surface area contributed by atoms with Crippen LogP contribution in [0.1, 0.15) is 29.5 Å². The molecule has 0 radical (unpaired) electrons. The molecular weight excluding hydrogens is 386 g/mol. The summed E-state index contributed by atoms with van der Waals surface area (Å²) in [6.07, 6.45) is 5.19. The summed E-state index contributed by atoms with van der Waals surface area (Å²) in [5, 5.41) is 2.98. The van der Waals surface area contributed by atoms with Gasteiger partial charge in [0.2, 0.25) is 11.8 Å². The highest BCUT2D eigenvalue weighted by Gasteiger charge is 2.38. The molecule has 1 saturated heterocycles. The van der Waals surface area contributed by atoms with Crippen LogP contribution in [-0.4, -0.2) is 59.9 Å². The maximum Gasteiger partial charge on any atom is 0.237 e. The Balaban J connectivity index is 1.25. The van der Waals surface area contributed by atoms with Crippen molar-refractivity contribution in [1.29, 1.82) is 0 Å². The molecule has 1 fully saturated rings. The van der Waals surface area contributed by atoms with Crippen LogP contribution in [0.15, 0.2) is 60.7 Å². The summed E-state index contributed by atoms with van der Waals surface area (Å²) in [5.41, 5.74) is 5.27. The molecule has 1 atom stereocenters. The summed E-state index contributed by atoms with van der Waals surface area (Å²) < 4.78 is 0. The largest absolute Gasteiger partial charge is 0.353 e. The van der Waals surface area contributed by atoms with Crippen LogP contribution in [0, 0.1) is 0 Å². The summed E-state index contributed by atoms with van der Waals surface area (Å²) >= 11 is 0. The third-order valence-corrected chi connectivity index (χ3v) is 6.95. The van der Waals surface area contributed by atoms with Crippen molar-refractivity contribution < 1.29 is 9.59 Å². The Morgan fingerprint density at radius 2 is 1.68 bits per heavy atom. The Bertz CT molecular complexity index is 976. The molecule has 2 amide bonds. The van der Waals surface area contributed by atoms with Crippen molar-refractivity contribution in [2.24, 2.45) is 0 Å². The molecule has 2 aliphatic heterocycles. The maximum absolute atomic E-state index is 13.1. The van der Waals surface area contributed by atoms with Gasteiger partial charge in [-0.2, -0.15) is 0 Å². The minimum atomic E-state index is -0.375. The van der Waals surface area contributed by atoms with Gasteiger partial charge in [0, 0.05) is 32.2 Å². The minimum absolute atomic E-state index is 0.00641. The van der Waals surface area contributed by atoms with Gasteiger partial charge in [0.25, 0.3) is 0 Å². The minimum Gasteiger partial charge on any atom is -0.353 e. The second-order valence-electron chi connectivity index (χ2n) is 8.76. The van der Waals surface area contributed by atoms with E-state index in [9.17, 15) is 9.59 Å². The van der Waals surface area contributed by atoms with E-state index in [2.05, 4.69) is 52.7 Å². The lowest BCUT2D eigenvalue weighted by atomic mass is 9.98. The van der Waals surface area contributed by atoms with Crippen LogP contribution in [0.5, 0.6) is 0 Å². The molecule has 0 spiro atoms. The molecule has 2 aromatic carbocycles. The first-order valence-corrected chi connectivity index (χ1v) is 11.3. The van der Waals surface area contributed by atoms with E-state index in [0.29, 0.717) is 25.7 Å². The van der Waals surface area contributed by atoms with E-state index in [1.54, 1.807) is 0 Å². The zero-order valence-corrected chi connectivity index (χ0v) is 17.8. The van der Waals surface area contributed by atoms with Gasteiger partial charge in [0.05, 0.1) is 12.5 Å². The molecule has 5 nitrogen and oxygen atoms in total. The Labute approximate surface area is 183 Å². The standard InChI is InChI=1S/C26H29N3O2/c30-25(28-13-10-20(11-14-28)19-6-2-1-3-7-19)18-24-26(31)27-12-15-29(24)23-16-21-8-4-5-9-22(21)17-23/h1-10,23-24H,11-18H2,(H,27,31). The third kappa shape index (κ3) is 4.15. The second-order valence-corrected chi connectivity index (χ2v) is 8.76. The number of carbonyl (C=O) groups is 2. The lowest BCUT2D eigenvalue weighted by Gasteiger charge is -2.39. The molecular formula is C26H29N3O2. The van der Waals surface area contributed by atoms with Crippen LogP contribution < -0.4 is 5.32 Å². The van der Waals surface area contributed by atoms with Gasteiger partial charge in [-0.3, -0.25) is 14.5 Å². The highest BCUT2D eigenvalue weighted by molar-refractivity contribution is 5.89. The normalized spacial score (nSPS) is 22.1. The smallest absolute Gasteiger partial charge is 0.237 e. The number of fused-ring (bicyclic) bond motifs is 1. The lowest BCUT2D eigenvalue weighted by molar-refractivity contribution is -0.139. The predicted molar refractivity (Wildman–Crippen MR) is 121 cm³/mol. The molecule has 2 heterocycles. The number of benzene rings is 2. The monoisotopic (exact) mass is 415 g/mol. The second kappa shape index (κ2) is 8.67. The molecule has 3 aliphatic rings. The average molecular weight is 416 g/mol. The fourth-order valence-corrected chi connectivity index (χ4v) is 5.25. The van der Waals surface area contributed by atoms with Crippen molar-refractivity contribution in [1.82, 2.24) is 15.1 Å². The van der Waals surface area contributed by atoms with E-state index in [1.807, 2.05) is 23.1 Å². The first kappa shape index (κ1) is 20.0. The zero-order valence-electron chi connectivity index (χ0n) is 17.8. The molecule has 5 rings (SSSR count). The fourth-order valence-electron chi connectivity index (χ4n) is 5.25. The Hall–Kier alpha value is -2.92. The highest BCUT2D eigenvalue weighted by atomic mass is 16.2. The van der Waals surface area contributed by atoms with Crippen LogP contribution in [0.25, 0.3) is 5.57 Å². The van der Waals surface area contributed by atoms with E-state index in [0.717, 1.165) is 25.8 Å². The van der Waals surface area contributed by atoms with Gasteiger partial charge in [-0.1, -0.05) is 60.7 Å². The number of hydrogen-bond acceptors (Lipinski definition) is 3. The maximum atomic E-state index is 13.1. The molecule has 5 heteroatoms. The van der Waals surface area contributed by atoms with Crippen LogP contribution in [0.4, 0.5) is 0 Å². The Morgan fingerprint density at radius 1 is 0.968 bits per heavy atom. The van der Waals surface area contributed by atoms with Crippen molar-refractivity contribution in [2.75, 3.05) is 26.2 Å². The Morgan fingerprint density at radius 3 is 2.35 bits per heavy atom. The first-order valence-electron chi connectivity index (χ1n) is 11.3. The van der Waals surface area contributed by atoms with Crippen molar-refractivity contribution in [2.45, 2.75) is 37.8 Å². The van der Waals surface area contributed by atoms with Gasteiger partial charge in [0.1, 0.15) is 0 Å².